The Balaban J connectivity index is 2.43. The molecule has 0 aliphatic heterocycles. The van der Waals surface area contributed by atoms with Crippen LogP contribution in [-0.2, 0) is 6.42 Å². The molecule has 6 nitrogen and oxygen atoms in total. The van der Waals surface area contributed by atoms with Crippen molar-refractivity contribution < 1.29 is 5.21 Å². The van der Waals surface area contributed by atoms with Gasteiger partial charge in [-0.15, -0.1) is 0 Å². The fourth-order valence-corrected chi connectivity index (χ4v) is 2.15. The molecule has 0 atom stereocenters. The Kier molecular flexibility index (Phi) is 3.50. The van der Waals surface area contributed by atoms with Crippen LogP contribution < -0.4 is 5.73 Å². The summed E-state index contributed by atoms with van der Waals surface area (Å²) in [6.45, 7) is 6.15. The van der Waals surface area contributed by atoms with E-state index in [0.717, 1.165) is 23.5 Å². The van der Waals surface area contributed by atoms with Crippen molar-refractivity contribution >= 4 is 5.84 Å². The van der Waals surface area contributed by atoms with E-state index in [4.69, 9.17) is 10.9 Å². The average molecular weight is 259 g/mol. The molecular weight excluding hydrogens is 242 g/mol. The van der Waals surface area contributed by atoms with Crippen LogP contribution in [0.25, 0.3) is 5.69 Å². The highest BCUT2D eigenvalue weighted by Gasteiger charge is 2.11. The third-order valence-electron chi connectivity index (χ3n) is 3.16. The molecule has 100 valence electrons. The van der Waals surface area contributed by atoms with Crippen molar-refractivity contribution in [3.05, 3.63) is 41.0 Å². The number of aromatic nitrogens is 3. The van der Waals surface area contributed by atoms with Crippen molar-refractivity contribution in [2.24, 2.45) is 10.9 Å². The van der Waals surface area contributed by atoms with E-state index in [1.54, 1.807) is 12.3 Å². The summed E-state index contributed by atoms with van der Waals surface area (Å²) in [5, 5.41) is 16.0. The predicted molar refractivity (Wildman–Crippen MR) is 72.7 cm³/mol. The third kappa shape index (κ3) is 2.29. The second-order valence-electron chi connectivity index (χ2n) is 4.30. The van der Waals surface area contributed by atoms with Crippen LogP contribution in [0.4, 0.5) is 0 Å². The molecule has 0 radical (unpaired) electrons. The molecule has 0 saturated heterocycles. The zero-order valence-corrected chi connectivity index (χ0v) is 11.3. The molecule has 2 aromatic rings. The van der Waals surface area contributed by atoms with Gasteiger partial charge >= 0.3 is 0 Å². The maximum Gasteiger partial charge on any atom is 0.188 e. The molecule has 0 unspecified atom stereocenters. The Hall–Kier alpha value is -2.37. The molecule has 2 aromatic heterocycles. The first-order valence-corrected chi connectivity index (χ1v) is 6.07. The maximum absolute atomic E-state index is 8.60. The summed E-state index contributed by atoms with van der Waals surface area (Å²) in [6.07, 6.45) is 2.61. The van der Waals surface area contributed by atoms with Crippen LogP contribution in [0.15, 0.2) is 23.5 Å². The van der Waals surface area contributed by atoms with Crippen molar-refractivity contribution in [1.82, 2.24) is 14.8 Å². The molecule has 2 rings (SSSR count). The van der Waals surface area contributed by atoms with Gasteiger partial charge in [-0.2, -0.15) is 5.10 Å². The molecule has 0 fully saturated rings. The first-order chi connectivity index (χ1) is 9.08. The quantitative estimate of drug-likeness (QED) is 0.379. The molecular formula is C13H17N5O. The van der Waals surface area contributed by atoms with Crippen LogP contribution in [0.3, 0.4) is 0 Å². The molecule has 0 aliphatic carbocycles. The maximum atomic E-state index is 8.60. The lowest BCUT2D eigenvalue weighted by Gasteiger charge is -2.05. The zero-order valence-electron chi connectivity index (χ0n) is 11.3. The minimum Gasteiger partial charge on any atom is -0.409 e. The Morgan fingerprint density at radius 2 is 2.16 bits per heavy atom. The number of nitrogens with two attached hydrogens (primary N) is 1. The number of oxime groups is 1. The van der Waals surface area contributed by atoms with Gasteiger partial charge in [0.2, 0.25) is 0 Å². The summed E-state index contributed by atoms with van der Waals surface area (Å²) in [5.41, 5.74) is 10.2. The monoisotopic (exact) mass is 259 g/mol. The molecule has 2 heterocycles. The van der Waals surface area contributed by atoms with E-state index < -0.39 is 0 Å². The summed E-state index contributed by atoms with van der Waals surface area (Å²) < 4.78 is 1.86. The molecule has 3 N–H and O–H groups in total. The van der Waals surface area contributed by atoms with Gasteiger partial charge in [0.1, 0.15) is 5.69 Å². The van der Waals surface area contributed by atoms with Gasteiger partial charge in [-0.3, -0.25) is 4.98 Å². The number of aryl methyl sites for hydroxylation is 1. The van der Waals surface area contributed by atoms with Crippen molar-refractivity contribution in [3.63, 3.8) is 0 Å². The van der Waals surface area contributed by atoms with Gasteiger partial charge in [-0.05, 0) is 38.0 Å². The van der Waals surface area contributed by atoms with Crippen molar-refractivity contribution in [2.45, 2.75) is 27.2 Å². The van der Waals surface area contributed by atoms with Crippen molar-refractivity contribution in [1.29, 1.82) is 0 Å². The third-order valence-corrected chi connectivity index (χ3v) is 3.16. The van der Waals surface area contributed by atoms with Crippen LogP contribution in [0.1, 0.15) is 29.6 Å². The lowest BCUT2D eigenvalue weighted by molar-refractivity contribution is 0.318. The number of pyridine rings is 1. The van der Waals surface area contributed by atoms with Crippen molar-refractivity contribution in [3.8, 4) is 5.69 Å². The number of hydrogen-bond acceptors (Lipinski definition) is 4. The first-order valence-electron chi connectivity index (χ1n) is 6.07. The Morgan fingerprint density at radius 3 is 2.63 bits per heavy atom. The molecule has 6 heteroatoms. The lowest BCUT2D eigenvalue weighted by Crippen LogP contribution is -2.15. The van der Waals surface area contributed by atoms with E-state index in [1.807, 2.05) is 24.6 Å². The zero-order chi connectivity index (χ0) is 14.0. The highest BCUT2D eigenvalue weighted by Crippen LogP contribution is 2.17. The summed E-state index contributed by atoms with van der Waals surface area (Å²) in [7, 11) is 0. The van der Waals surface area contributed by atoms with E-state index >= 15 is 0 Å². The highest BCUT2D eigenvalue weighted by molar-refractivity contribution is 5.95. The van der Waals surface area contributed by atoms with Crippen LogP contribution >= 0.6 is 0 Å². The van der Waals surface area contributed by atoms with Crippen LogP contribution in [0, 0.1) is 13.8 Å². The van der Waals surface area contributed by atoms with E-state index in [1.165, 1.54) is 5.56 Å². The summed E-state index contributed by atoms with van der Waals surface area (Å²) >= 11 is 0. The molecule has 19 heavy (non-hydrogen) atoms. The minimum atomic E-state index is -0.00540. The second-order valence-corrected chi connectivity index (χ2v) is 4.30. The normalized spacial score (nSPS) is 11.8. The van der Waals surface area contributed by atoms with Gasteiger partial charge in [0.05, 0.1) is 17.6 Å². The number of amidine groups is 1. The minimum absolute atomic E-state index is 0.00540. The largest absolute Gasteiger partial charge is 0.409 e. The fourth-order valence-electron chi connectivity index (χ4n) is 2.15. The Labute approximate surface area is 111 Å². The second kappa shape index (κ2) is 5.09. The van der Waals surface area contributed by atoms with Crippen LogP contribution in [0.5, 0.6) is 0 Å². The molecule has 0 aromatic carbocycles. The Bertz CT molecular complexity index is 613. The molecule has 0 amide bonds. The van der Waals surface area contributed by atoms with Crippen molar-refractivity contribution in [2.75, 3.05) is 0 Å². The first kappa shape index (κ1) is 13.1. The number of nitrogens with zero attached hydrogens (tertiary/aromatic N) is 4. The standard InChI is InChI=1S/C13H17N5O/c1-4-11-8(2)16-18(9(11)3)10-5-6-12(15-7-10)13(14)17-19/h5-7,19H,4H2,1-3H3,(H2,14,17). The van der Waals surface area contributed by atoms with Crippen LogP contribution in [0.2, 0.25) is 0 Å². The van der Waals surface area contributed by atoms with Crippen LogP contribution in [-0.4, -0.2) is 25.8 Å². The lowest BCUT2D eigenvalue weighted by atomic mass is 10.1. The molecule has 0 aliphatic rings. The summed E-state index contributed by atoms with van der Waals surface area (Å²) in [5.74, 6) is -0.00540. The topological polar surface area (TPSA) is 89.3 Å². The number of hydrogen-bond donors (Lipinski definition) is 2. The van der Waals surface area contributed by atoms with Gasteiger partial charge < -0.3 is 10.9 Å². The van der Waals surface area contributed by atoms with Gasteiger partial charge in [0.15, 0.2) is 5.84 Å². The van der Waals surface area contributed by atoms with E-state index in [0.29, 0.717) is 5.69 Å². The smallest absolute Gasteiger partial charge is 0.188 e. The molecule has 0 saturated carbocycles. The summed E-state index contributed by atoms with van der Waals surface area (Å²) in [6, 6.07) is 3.55. The van der Waals surface area contributed by atoms with E-state index in [2.05, 4.69) is 22.2 Å². The Morgan fingerprint density at radius 1 is 1.42 bits per heavy atom. The number of rotatable bonds is 3. The van der Waals surface area contributed by atoms with E-state index in [9.17, 15) is 0 Å². The molecule has 0 bridgehead atoms. The SMILES string of the molecule is CCc1c(C)nn(-c2ccc(/C(N)=N/O)nc2)c1C. The van der Waals surface area contributed by atoms with Gasteiger partial charge in [0.25, 0.3) is 0 Å². The van der Waals surface area contributed by atoms with E-state index in [-0.39, 0.29) is 5.84 Å². The average Bonchev–Trinajstić information content (AvgIpc) is 2.72. The highest BCUT2D eigenvalue weighted by atomic mass is 16.4. The molecule has 0 spiro atoms. The van der Waals surface area contributed by atoms with Gasteiger partial charge in [-0.25, -0.2) is 4.68 Å². The van der Waals surface area contributed by atoms with Gasteiger partial charge in [-0.1, -0.05) is 12.1 Å². The summed E-state index contributed by atoms with van der Waals surface area (Å²) in [4.78, 5) is 4.16. The van der Waals surface area contributed by atoms with Gasteiger partial charge in [0, 0.05) is 5.69 Å². The fraction of sp³-hybridized carbons (Fsp3) is 0.308. The predicted octanol–water partition coefficient (Wildman–Crippen LogP) is 1.54.